The maximum atomic E-state index is 12.9. The largest absolute Gasteiger partial charge is 0.462 e. The van der Waals surface area contributed by atoms with Crippen LogP contribution in [0.4, 0.5) is 26.3 Å². The van der Waals surface area contributed by atoms with E-state index in [0.717, 1.165) is 17.2 Å². The lowest BCUT2D eigenvalue weighted by molar-refractivity contribution is -0.143. The van der Waals surface area contributed by atoms with Gasteiger partial charge in [0.15, 0.2) is 5.82 Å². The minimum Gasteiger partial charge on any atom is -0.462 e. The van der Waals surface area contributed by atoms with Gasteiger partial charge in [-0.2, -0.15) is 26.3 Å². The number of hydrogen-bond donors (Lipinski definition) is 0. The molecule has 0 spiro atoms. The summed E-state index contributed by atoms with van der Waals surface area (Å²) in [6.45, 7) is 1.69. The van der Waals surface area contributed by atoms with Crippen LogP contribution < -0.4 is 0 Å². The molecule has 0 aliphatic carbocycles. The fraction of sp³-hybridized carbons (Fsp3) is 0.267. The number of ether oxygens (including phenoxy) is 1. The Labute approximate surface area is 156 Å². The van der Waals surface area contributed by atoms with Gasteiger partial charge in [-0.15, -0.1) is 5.10 Å². The lowest BCUT2D eigenvalue weighted by Crippen LogP contribution is -2.11. The van der Waals surface area contributed by atoms with E-state index in [1.165, 1.54) is 0 Å². The number of benzene rings is 1. The Bertz CT molecular complexity index is 841. The van der Waals surface area contributed by atoms with Gasteiger partial charge in [-0.3, -0.25) is 0 Å². The van der Waals surface area contributed by atoms with Crippen molar-refractivity contribution < 1.29 is 35.9 Å². The molecule has 0 amide bonds. The van der Waals surface area contributed by atoms with Crippen molar-refractivity contribution in [3.8, 4) is 11.4 Å². The van der Waals surface area contributed by atoms with Crippen molar-refractivity contribution in [2.75, 3.05) is 6.61 Å². The molecule has 5 nitrogen and oxygen atoms in total. The summed E-state index contributed by atoms with van der Waals surface area (Å²) in [4.78, 5) is 15.2. The number of halogens is 7. The van der Waals surface area contributed by atoms with Crippen molar-refractivity contribution in [3.05, 3.63) is 40.1 Å². The molecule has 1 aromatic carbocycles. The first kappa shape index (κ1) is 20.9. The van der Waals surface area contributed by atoms with Crippen molar-refractivity contribution in [2.45, 2.75) is 19.3 Å². The molecule has 146 valence electrons. The van der Waals surface area contributed by atoms with Crippen molar-refractivity contribution in [3.63, 3.8) is 0 Å². The summed E-state index contributed by atoms with van der Waals surface area (Å²) in [7, 11) is 0. The van der Waals surface area contributed by atoms with Crippen LogP contribution in [0, 0.1) is 0 Å². The minimum atomic E-state index is -4.98. The van der Waals surface area contributed by atoms with E-state index >= 15 is 0 Å². The van der Waals surface area contributed by atoms with Gasteiger partial charge in [-0.05, 0) is 41.1 Å². The first-order chi connectivity index (χ1) is 12.4. The second-order valence-corrected chi connectivity index (χ2v) is 5.89. The van der Waals surface area contributed by atoms with Gasteiger partial charge in [0, 0.05) is 5.56 Å². The SMILES string of the molecule is CCOC(=O)/C(Br)=C/n1cnc(-c2cc(C(F)(F)F)cc(C(F)(F)F)c2)n1. The monoisotopic (exact) mass is 457 g/mol. The van der Waals surface area contributed by atoms with Gasteiger partial charge >= 0.3 is 18.3 Å². The molecule has 0 fully saturated rings. The molecule has 2 aromatic rings. The van der Waals surface area contributed by atoms with Crippen molar-refractivity contribution in [1.29, 1.82) is 0 Å². The molecule has 1 aromatic heterocycles. The lowest BCUT2D eigenvalue weighted by atomic mass is 10.0. The molecule has 0 N–H and O–H groups in total. The number of alkyl halides is 6. The molecule has 0 radical (unpaired) electrons. The number of carbonyl (C=O) groups is 1. The highest BCUT2D eigenvalue weighted by Gasteiger charge is 2.37. The molecule has 1 heterocycles. The average Bonchev–Trinajstić information content (AvgIpc) is 3.01. The molecule has 0 aliphatic rings. The van der Waals surface area contributed by atoms with E-state index in [2.05, 4.69) is 26.0 Å². The number of hydrogen-bond acceptors (Lipinski definition) is 4. The van der Waals surface area contributed by atoms with E-state index in [4.69, 9.17) is 4.74 Å². The van der Waals surface area contributed by atoms with E-state index in [1.807, 2.05) is 0 Å². The molecule has 0 unspecified atom stereocenters. The zero-order valence-corrected chi connectivity index (χ0v) is 15.0. The molecular formula is C15H10BrF6N3O2. The van der Waals surface area contributed by atoms with Crippen molar-refractivity contribution >= 4 is 28.1 Å². The first-order valence-corrected chi connectivity index (χ1v) is 7.96. The highest BCUT2D eigenvalue weighted by atomic mass is 79.9. The standard InChI is InChI=1S/C15H10BrF6N3O2/c1-2-27-13(26)11(16)6-25-7-23-12(24-25)8-3-9(14(17,18)19)5-10(4-8)15(20,21)22/h3-7H,2H2,1H3/b11-6-. The van der Waals surface area contributed by atoms with Crippen molar-refractivity contribution in [1.82, 2.24) is 14.8 Å². The predicted octanol–water partition coefficient (Wildman–Crippen LogP) is 4.74. The normalized spacial score (nSPS) is 13.0. The average molecular weight is 458 g/mol. The summed E-state index contributed by atoms with van der Waals surface area (Å²) in [6, 6.07) is 1.04. The molecule has 27 heavy (non-hydrogen) atoms. The highest BCUT2D eigenvalue weighted by Crippen LogP contribution is 2.38. The lowest BCUT2D eigenvalue weighted by Gasteiger charge is -2.13. The number of rotatable bonds is 4. The van der Waals surface area contributed by atoms with E-state index in [-0.39, 0.29) is 23.0 Å². The van der Waals surface area contributed by atoms with E-state index < -0.39 is 35.0 Å². The van der Waals surface area contributed by atoms with Gasteiger partial charge in [0.25, 0.3) is 0 Å². The van der Waals surface area contributed by atoms with Crippen molar-refractivity contribution in [2.24, 2.45) is 0 Å². The van der Waals surface area contributed by atoms with E-state index in [1.54, 1.807) is 6.92 Å². The summed E-state index contributed by atoms with van der Waals surface area (Å²) in [5.74, 6) is -1.11. The maximum absolute atomic E-state index is 12.9. The van der Waals surface area contributed by atoms with Gasteiger partial charge in [0.05, 0.1) is 23.9 Å². The predicted molar refractivity (Wildman–Crippen MR) is 85.3 cm³/mol. The van der Waals surface area contributed by atoms with Crippen LogP contribution in [0.1, 0.15) is 18.1 Å². The fourth-order valence-corrected chi connectivity index (χ4v) is 2.25. The molecule has 0 bridgehead atoms. The Morgan fingerprint density at radius 3 is 2.19 bits per heavy atom. The van der Waals surface area contributed by atoms with Crippen LogP contribution in [0.2, 0.25) is 0 Å². The number of aromatic nitrogens is 3. The first-order valence-electron chi connectivity index (χ1n) is 7.17. The van der Waals surface area contributed by atoms with Crippen LogP contribution in [-0.4, -0.2) is 27.3 Å². The molecular weight excluding hydrogens is 448 g/mol. The second kappa shape index (κ2) is 7.71. The number of carbonyl (C=O) groups excluding carboxylic acids is 1. The van der Waals surface area contributed by atoms with Gasteiger partial charge in [0.1, 0.15) is 10.8 Å². The summed E-state index contributed by atoms with van der Waals surface area (Å²) in [5.41, 5.74) is -3.43. The smallest absolute Gasteiger partial charge is 0.416 e. The molecule has 0 saturated heterocycles. The van der Waals surface area contributed by atoms with E-state index in [9.17, 15) is 31.1 Å². The Morgan fingerprint density at radius 2 is 1.70 bits per heavy atom. The molecule has 0 atom stereocenters. The summed E-state index contributed by atoms with van der Waals surface area (Å²) < 4.78 is 83.0. The molecule has 2 rings (SSSR count). The number of nitrogens with zero attached hydrogens (tertiary/aromatic N) is 3. The van der Waals surface area contributed by atoms with Crippen LogP contribution in [0.25, 0.3) is 17.6 Å². The maximum Gasteiger partial charge on any atom is 0.416 e. The molecule has 0 saturated carbocycles. The number of esters is 1. The van der Waals surface area contributed by atoms with Gasteiger partial charge in [0.2, 0.25) is 0 Å². The zero-order chi connectivity index (χ0) is 20.4. The summed E-state index contributed by atoms with van der Waals surface area (Å²) >= 11 is 2.92. The van der Waals surface area contributed by atoms with Crippen LogP contribution in [0.3, 0.4) is 0 Å². The zero-order valence-electron chi connectivity index (χ0n) is 13.4. The summed E-state index contributed by atoms with van der Waals surface area (Å²) in [5, 5.41) is 3.77. The minimum absolute atomic E-state index is 0.0116. The van der Waals surface area contributed by atoms with Crippen LogP contribution in [0.5, 0.6) is 0 Å². The Kier molecular flexibility index (Phi) is 5.97. The Hall–Kier alpha value is -2.37. The Balaban J connectivity index is 2.46. The molecule has 12 heteroatoms. The molecule has 0 aliphatic heterocycles. The van der Waals surface area contributed by atoms with E-state index in [0.29, 0.717) is 12.1 Å². The second-order valence-electron chi connectivity index (χ2n) is 5.04. The fourth-order valence-electron chi connectivity index (χ4n) is 1.92. The quantitative estimate of drug-likeness (QED) is 0.378. The van der Waals surface area contributed by atoms with Crippen LogP contribution in [-0.2, 0) is 21.9 Å². The third-order valence-corrected chi connectivity index (χ3v) is 3.60. The topological polar surface area (TPSA) is 57.0 Å². The van der Waals surface area contributed by atoms with Gasteiger partial charge in [-0.1, -0.05) is 0 Å². The third-order valence-electron chi connectivity index (χ3n) is 3.07. The van der Waals surface area contributed by atoms with Crippen LogP contribution >= 0.6 is 15.9 Å². The summed E-state index contributed by atoms with van der Waals surface area (Å²) in [6.07, 6.45) is -7.84. The Morgan fingerprint density at radius 1 is 1.15 bits per heavy atom. The third kappa shape index (κ3) is 5.31. The van der Waals surface area contributed by atoms with Gasteiger partial charge < -0.3 is 4.74 Å². The highest BCUT2D eigenvalue weighted by molar-refractivity contribution is 9.12. The van der Waals surface area contributed by atoms with Crippen LogP contribution in [0.15, 0.2) is 29.0 Å². The van der Waals surface area contributed by atoms with Gasteiger partial charge in [-0.25, -0.2) is 14.5 Å².